The first kappa shape index (κ1) is 28.5. The van der Waals surface area contributed by atoms with Crippen molar-refractivity contribution in [3.63, 3.8) is 0 Å². The molecule has 1 aliphatic carbocycles. The van der Waals surface area contributed by atoms with Crippen LogP contribution in [0.1, 0.15) is 74.4 Å². The van der Waals surface area contributed by atoms with Crippen LogP contribution in [0.4, 0.5) is 5.69 Å². The van der Waals surface area contributed by atoms with Crippen molar-refractivity contribution < 1.29 is 19.4 Å². The third-order valence-corrected chi connectivity index (χ3v) is 8.55. The van der Waals surface area contributed by atoms with Crippen molar-refractivity contribution in [2.24, 2.45) is 17.3 Å². The van der Waals surface area contributed by atoms with E-state index in [1.165, 1.54) is 5.56 Å². The van der Waals surface area contributed by atoms with Gasteiger partial charge in [-0.25, -0.2) is 4.79 Å². The van der Waals surface area contributed by atoms with Crippen molar-refractivity contribution in [2.75, 3.05) is 24.6 Å². The van der Waals surface area contributed by atoms with Crippen LogP contribution in [0, 0.1) is 17.3 Å². The average molecular weight is 540 g/mol. The number of esters is 1. The SMILES string of the molecule is C=CC[C@H](O)[C@@]1(C)CC[C@@H]1CN1CCCCc2cc(Cl)ccc2COc2ccc(C(=O)OCC(C)C)cc21. The van der Waals surface area contributed by atoms with Gasteiger partial charge in [0.2, 0.25) is 0 Å². The molecule has 0 unspecified atom stereocenters. The maximum atomic E-state index is 12.9. The Kier molecular flexibility index (Phi) is 9.43. The van der Waals surface area contributed by atoms with Gasteiger partial charge in [-0.2, -0.15) is 0 Å². The van der Waals surface area contributed by atoms with E-state index >= 15 is 0 Å². The molecule has 0 aromatic heterocycles. The van der Waals surface area contributed by atoms with E-state index in [-0.39, 0.29) is 17.3 Å². The Labute approximate surface area is 232 Å². The maximum Gasteiger partial charge on any atom is 0.338 e. The highest BCUT2D eigenvalue weighted by molar-refractivity contribution is 6.30. The molecule has 5 nitrogen and oxygen atoms in total. The minimum Gasteiger partial charge on any atom is -0.487 e. The van der Waals surface area contributed by atoms with Gasteiger partial charge in [-0.3, -0.25) is 0 Å². The molecule has 2 aromatic carbocycles. The van der Waals surface area contributed by atoms with Gasteiger partial charge in [0, 0.05) is 18.1 Å². The van der Waals surface area contributed by atoms with Crippen LogP contribution in [0.5, 0.6) is 5.75 Å². The lowest BCUT2D eigenvalue weighted by molar-refractivity contribution is -0.0693. The van der Waals surface area contributed by atoms with E-state index in [4.69, 9.17) is 21.1 Å². The fourth-order valence-corrected chi connectivity index (χ4v) is 5.82. The van der Waals surface area contributed by atoms with Crippen molar-refractivity contribution >= 4 is 23.3 Å². The third-order valence-electron chi connectivity index (χ3n) is 8.31. The van der Waals surface area contributed by atoms with Gasteiger partial charge in [0.1, 0.15) is 12.4 Å². The molecule has 1 saturated carbocycles. The monoisotopic (exact) mass is 539 g/mol. The lowest BCUT2D eigenvalue weighted by Gasteiger charge is -2.52. The van der Waals surface area contributed by atoms with Gasteiger partial charge in [-0.1, -0.05) is 44.5 Å². The summed E-state index contributed by atoms with van der Waals surface area (Å²) in [4.78, 5) is 15.2. The van der Waals surface area contributed by atoms with E-state index in [0.29, 0.717) is 31.1 Å². The number of halogens is 1. The van der Waals surface area contributed by atoms with Gasteiger partial charge in [0.05, 0.1) is 24.0 Å². The number of carbonyl (C=O) groups is 1. The van der Waals surface area contributed by atoms with Crippen LogP contribution in [-0.4, -0.2) is 36.9 Å². The van der Waals surface area contributed by atoms with E-state index in [9.17, 15) is 9.90 Å². The van der Waals surface area contributed by atoms with Gasteiger partial charge in [0.25, 0.3) is 0 Å². The molecule has 38 heavy (non-hydrogen) atoms. The zero-order chi connectivity index (χ0) is 27.3. The molecule has 0 amide bonds. The summed E-state index contributed by atoms with van der Waals surface area (Å²) >= 11 is 6.31. The molecule has 2 aromatic rings. The molecule has 0 radical (unpaired) electrons. The molecule has 6 heteroatoms. The van der Waals surface area contributed by atoms with Crippen molar-refractivity contribution in [2.45, 2.75) is 72.0 Å². The van der Waals surface area contributed by atoms with Crippen LogP contribution < -0.4 is 9.64 Å². The Morgan fingerprint density at radius 1 is 1.26 bits per heavy atom. The molecule has 0 saturated heterocycles. The van der Waals surface area contributed by atoms with E-state index in [2.05, 4.69) is 18.4 Å². The minimum atomic E-state index is -0.407. The second kappa shape index (κ2) is 12.6. The lowest BCUT2D eigenvalue weighted by Crippen LogP contribution is -2.51. The first-order valence-corrected chi connectivity index (χ1v) is 14.3. The number of hydrogen-bond acceptors (Lipinski definition) is 5. The number of carbonyl (C=O) groups excluding carboxylic acids is 1. The van der Waals surface area contributed by atoms with Crippen molar-refractivity contribution in [3.05, 3.63) is 70.8 Å². The van der Waals surface area contributed by atoms with E-state index < -0.39 is 6.10 Å². The zero-order valence-corrected chi connectivity index (χ0v) is 23.8. The number of aliphatic hydroxyl groups excluding tert-OH is 1. The van der Waals surface area contributed by atoms with Gasteiger partial charge in [0.15, 0.2) is 0 Å². The van der Waals surface area contributed by atoms with Crippen LogP contribution >= 0.6 is 11.6 Å². The topological polar surface area (TPSA) is 59.0 Å². The lowest BCUT2D eigenvalue weighted by atomic mass is 9.57. The van der Waals surface area contributed by atoms with Gasteiger partial charge >= 0.3 is 5.97 Å². The Balaban J connectivity index is 1.66. The maximum absolute atomic E-state index is 12.9. The summed E-state index contributed by atoms with van der Waals surface area (Å²) < 4.78 is 12.0. The van der Waals surface area contributed by atoms with Gasteiger partial charge in [-0.05, 0) is 97.2 Å². The number of anilines is 1. The summed E-state index contributed by atoms with van der Waals surface area (Å²) in [6, 6.07) is 11.6. The Morgan fingerprint density at radius 2 is 2.08 bits per heavy atom. The normalized spacial score (nSPS) is 22.3. The highest BCUT2D eigenvalue weighted by Gasteiger charge is 2.48. The summed E-state index contributed by atoms with van der Waals surface area (Å²) in [5.41, 5.74) is 3.65. The first-order chi connectivity index (χ1) is 18.2. The number of aryl methyl sites for hydroxylation is 1. The summed E-state index contributed by atoms with van der Waals surface area (Å²) in [6.07, 6.45) is 7.02. The minimum absolute atomic E-state index is 0.151. The fourth-order valence-electron chi connectivity index (χ4n) is 5.63. The number of fused-ring (bicyclic) bond motifs is 2. The van der Waals surface area contributed by atoms with Crippen LogP contribution in [0.25, 0.3) is 0 Å². The number of benzene rings is 2. The van der Waals surface area contributed by atoms with E-state index in [0.717, 1.165) is 67.2 Å². The second-order valence-corrected chi connectivity index (χ2v) is 12.0. The molecule has 1 fully saturated rings. The number of nitrogens with zero attached hydrogens (tertiary/aromatic N) is 1. The molecular formula is C32H42ClNO4. The number of rotatable bonds is 8. The predicted octanol–water partition coefficient (Wildman–Crippen LogP) is 7.23. The molecule has 206 valence electrons. The largest absolute Gasteiger partial charge is 0.487 e. The Morgan fingerprint density at radius 3 is 2.79 bits per heavy atom. The molecule has 0 bridgehead atoms. The zero-order valence-electron chi connectivity index (χ0n) is 23.0. The van der Waals surface area contributed by atoms with Crippen LogP contribution in [0.15, 0.2) is 49.1 Å². The predicted molar refractivity (Wildman–Crippen MR) is 154 cm³/mol. The molecule has 0 spiro atoms. The third kappa shape index (κ3) is 6.55. The van der Waals surface area contributed by atoms with Gasteiger partial charge < -0.3 is 19.5 Å². The summed E-state index contributed by atoms with van der Waals surface area (Å²) in [7, 11) is 0. The molecule has 1 N–H and O–H groups in total. The number of aliphatic hydroxyl groups is 1. The van der Waals surface area contributed by atoms with E-state index in [1.54, 1.807) is 12.1 Å². The van der Waals surface area contributed by atoms with Crippen molar-refractivity contribution in [1.82, 2.24) is 0 Å². The Hall–Kier alpha value is -2.50. The van der Waals surface area contributed by atoms with Crippen LogP contribution in [-0.2, 0) is 17.8 Å². The molecule has 1 heterocycles. The molecule has 2 aliphatic rings. The van der Waals surface area contributed by atoms with Crippen molar-refractivity contribution in [1.29, 1.82) is 0 Å². The highest BCUT2D eigenvalue weighted by atomic mass is 35.5. The first-order valence-electron chi connectivity index (χ1n) is 14.0. The molecule has 1 aliphatic heterocycles. The van der Waals surface area contributed by atoms with Crippen molar-refractivity contribution in [3.8, 4) is 5.75 Å². The van der Waals surface area contributed by atoms with E-state index in [1.807, 2.05) is 44.2 Å². The van der Waals surface area contributed by atoms with Crippen LogP contribution in [0.3, 0.4) is 0 Å². The number of ether oxygens (including phenoxy) is 2. The highest BCUT2D eigenvalue weighted by Crippen LogP contribution is 2.51. The van der Waals surface area contributed by atoms with Crippen LogP contribution in [0.2, 0.25) is 5.02 Å². The molecular weight excluding hydrogens is 498 g/mol. The standard InChI is InChI=1S/C32H42ClNO4/c1-5-8-30(35)32(4)15-14-26(32)19-34-16-7-6-9-23-17-27(33)12-10-25(23)21-37-29-13-11-24(18-28(29)34)31(36)38-20-22(2)3/h5,10-13,17-18,22,26,30,35H,1,6-9,14-16,19-21H2,2-4H3/t26-,30+,32+/m1/s1. The fraction of sp³-hybridized carbons (Fsp3) is 0.531. The molecule has 4 rings (SSSR count). The average Bonchev–Trinajstić information content (AvgIpc) is 2.92. The Bertz CT molecular complexity index is 1130. The summed E-state index contributed by atoms with van der Waals surface area (Å²) in [5, 5.41) is 11.6. The summed E-state index contributed by atoms with van der Waals surface area (Å²) in [5.74, 6) is 1.04. The quantitative estimate of drug-likeness (QED) is 0.283. The van der Waals surface area contributed by atoms with Gasteiger partial charge in [-0.15, -0.1) is 6.58 Å². The summed E-state index contributed by atoms with van der Waals surface area (Å²) in [6.45, 7) is 12.5. The smallest absolute Gasteiger partial charge is 0.338 e. The number of hydrogen-bond donors (Lipinski definition) is 1. The molecule has 3 atom stereocenters. The second-order valence-electron chi connectivity index (χ2n) is 11.6.